The molecule has 0 spiro atoms. The second-order valence-corrected chi connectivity index (χ2v) is 11.0. The van der Waals surface area contributed by atoms with Crippen molar-refractivity contribution in [1.82, 2.24) is 0 Å². The van der Waals surface area contributed by atoms with Gasteiger partial charge in [0.2, 0.25) is 0 Å². The Hall–Kier alpha value is 0. The number of hydrogen-bond acceptors (Lipinski definition) is 0. The van der Waals surface area contributed by atoms with Gasteiger partial charge in [-0.2, -0.15) is 0 Å². The van der Waals surface area contributed by atoms with Gasteiger partial charge in [-0.1, -0.05) is 53.8 Å². The fourth-order valence-corrected chi connectivity index (χ4v) is 8.85. The summed E-state index contributed by atoms with van der Waals surface area (Å²) >= 11 is 0. The van der Waals surface area contributed by atoms with Gasteiger partial charge in [-0.15, -0.1) is 0 Å². The largest absolute Gasteiger partial charge is 0.0651 e. The second kappa shape index (κ2) is 6.56. The van der Waals surface area contributed by atoms with Crippen molar-refractivity contribution in [3.8, 4) is 0 Å². The minimum Gasteiger partial charge on any atom is -0.0651 e. The molecule has 4 saturated carbocycles. The van der Waals surface area contributed by atoms with E-state index in [1.807, 2.05) is 0 Å². The van der Waals surface area contributed by atoms with Crippen LogP contribution in [0.4, 0.5) is 0 Å². The predicted octanol–water partition coefficient (Wildman–Crippen LogP) is 7.72. The highest BCUT2D eigenvalue weighted by molar-refractivity contribution is 5.09. The minimum absolute atomic E-state index is 0.127. The summed E-state index contributed by atoms with van der Waals surface area (Å²) in [6, 6.07) is 0. The summed E-state index contributed by atoms with van der Waals surface area (Å²) in [6.07, 6.45) is 15.0. The summed E-state index contributed by atoms with van der Waals surface area (Å²) < 4.78 is 24.3. The zero-order valence-corrected chi connectivity index (χ0v) is 17.3. The lowest BCUT2D eigenvalue weighted by molar-refractivity contribution is -0.115. The Kier molecular flexibility index (Phi) is 3.93. The molecule has 144 valence electrons. The van der Waals surface area contributed by atoms with Gasteiger partial charge in [-0.3, -0.25) is 0 Å². The molecule has 0 aromatic carbocycles. The SMILES string of the molecule is [2H]C([2H])([2H])C(CC)[C@@H](C)[C@H]1CC[C@H]2[C@@H]3CCC4CCCC[C@]4(C)[C@H]3CC[C@]12C. The summed E-state index contributed by atoms with van der Waals surface area (Å²) in [6.45, 7) is 7.80. The van der Waals surface area contributed by atoms with Gasteiger partial charge in [-0.05, 0) is 104 Å². The van der Waals surface area contributed by atoms with Crippen LogP contribution in [0.15, 0.2) is 0 Å². The van der Waals surface area contributed by atoms with Crippen molar-refractivity contribution in [3.05, 3.63) is 0 Å². The highest BCUT2D eigenvalue weighted by Crippen LogP contribution is 2.68. The zero-order chi connectivity index (χ0) is 20.3. The monoisotopic (exact) mass is 347 g/mol. The molecule has 0 N–H and O–H groups in total. The van der Waals surface area contributed by atoms with Crippen molar-refractivity contribution >= 4 is 0 Å². The van der Waals surface area contributed by atoms with E-state index in [1.165, 1.54) is 64.2 Å². The van der Waals surface area contributed by atoms with Crippen LogP contribution in [0.2, 0.25) is 0 Å². The number of hydrogen-bond donors (Lipinski definition) is 0. The Morgan fingerprint density at radius 2 is 1.72 bits per heavy atom. The average Bonchev–Trinajstić information content (AvgIpc) is 2.97. The van der Waals surface area contributed by atoms with E-state index in [0.717, 1.165) is 30.1 Å². The van der Waals surface area contributed by atoms with Crippen LogP contribution in [0, 0.1) is 52.3 Å². The highest BCUT2D eigenvalue weighted by atomic mass is 14.6. The van der Waals surface area contributed by atoms with E-state index in [0.29, 0.717) is 22.7 Å². The maximum Gasteiger partial charge on any atom is 0.0233 e. The smallest absolute Gasteiger partial charge is 0.0233 e. The molecule has 0 heterocycles. The predicted molar refractivity (Wildman–Crippen MR) is 108 cm³/mol. The molecule has 4 aliphatic rings. The highest BCUT2D eigenvalue weighted by Gasteiger charge is 2.60. The van der Waals surface area contributed by atoms with Gasteiger partial charge in [0.1, 0.15) is 0 Å². The van der Waals surface area contributed by atoms with E-state index in [2.05, 4.69) is 27.7 Å². The molecule has 0 bridgehead atoms. The van der Waals surface area contributed by atoms with Gasteiger partial charge >= 0.3 is 0 Å². The molecule has 0 aliphatic heterocycles. The quantitative estimate of drug-likeness (QED) is 0.490. The lowest BCUT2D eigenvalue weighted by Crippen LogP contribution is -2.53. The Labute approximate surface area is 162 Å². The van der Waals surface area contributed by atoms with Crippen molar-refractivity contribution in [2.24, 2.45) is 52.3 Å². The fourth-order valence-electron chi connectivity index (χ4n) is 8.85. The first-order valence-corrected chi connectivity index (χ1v) is 11.6. The standard InChI is InChI=1S/C25H44/c1-6-17(2)18(3)21-12-13-22-20-11-10-19-9-7-8-15-24(19,4)23(20)14-16-25(21,22)5/h17-23H,6-16H2,1-5H3/t17?,18-,19?,20+,21-,22+,23+,24+,25-/m1/s1/i2D3. The zero-order valence-electron chi connectivity index (χ0n) is 20.3. The van der Waals surface area contributed by atoms with Crippen LogP contribution in [0.3, 0.4) is 0 Å². The molecule has 0 amide bonds. The first-order valence-electron chi connectivity index (χ1n) is 13.1. The molecule has 25 heavy (non-hydrogen) atoms. The topological polar surface area (TPSA) is 0 Å². The fraction of sp³-hybridized carbons (Fsp3) is 1.00. The minimum atomic E-state index is -1.80. The first kappa shape index (κ1) is 15.0. The summed E-state index contributed by atoms with van der Waals surface area (Å²) in [5.74, 6) is 4.52. The second-order valence-electron chi connectivity index (χ2n) is 11.0. The Morgan fingerprint density at radius 3 is 2.48 bits per heavy atom. The summed E-state index contributed by atoms with van der Waals surface area (Å²) in [5, 5.41) is 0. The summed E-state index contributed by atoms with van der Waals surface area (Å²) in [4.78, 5) is 0. The molecule has 9 atom stereocenters. The van der Waals surface area contributed by atoms with Gasteiger partial charge in [-0.25, -0.2) is 0 Å². The molecule has 4 aliphatic carbocycles. The van der Waals surface area contributed by atoms with Crippen molar-refractivity contribution in [2.45, 2.75) is 105 Å². The molecule has 0 radical (unpaired) electrons. The average molecular weight is 348 g/mol. The maximum atomic E-state index is 8.09. The van der Waals surface area contributed by atoms with E-state index < -0.39 is 6.85 Å². The first-order chi connectivity index (χ1) is 13.1. The van der Waals surface area contributed by atoms with Gasteiger partial charge in [0.05, 0.1) is 0 Å². The van der Waals surface area contributed by atoms with Crippen LogP contribution in [0.5, 0.6) is 0 Å². The Bertz CT molecular complexity index is 569. The Morgan fingerprint density at radius 1 is 0.920 bits per heavy atom. The van der Waals surface area contributed by atoms with Crippen LogP contribution >= 0.6 is 0 Å². The molecule has 4 fully saturated rings. The van der Waals surface area contributed by atoms with E-state index in [-0.39, 0.29) is 5.92 Å². The third-order valence-electron chi connectivity index (χ3n) is 10.4. The molecule has 2 unspecified atom stereocenters. The molecule has 0 heteroatoms. The van der Waals surface area contributed by atoms with Gasteiger partial charge in [0, 0.05) is 4.11 Å². The van der Waals surface area contributed by atoms with Gasteiger partial charge in [0.25, 0.3) is 0 Å². The molecule has 0 aromatic rings. The third kappa shape index (κ3) is 2.67. The van der Waals surface area contributed by atoms with E-state index in [4.69, 9.17) is 4.11 Å². The third-order valence-corrected chi connectivity index (χ3v) is 10.4. The molecular weight excluding hydrogens is 300 g/mol. The number of rotatable bonds is 3. The van der Waals surface area contributed by atoms with Crippen LogP contribution in [0.1, 0.15) is 109 Å². The maximum absolute atomic E-state index is 8.09. The van der Waals surface area contributed by atoms with Crippen LogP contribution in [0.25, 0.3) is 0 Å². The molecule has 0 saturated heterocycles. The van der Waals surface area contributed by atoms with Crippen molar-refractivity contribution in [1.29, 1.82) is 0 Å². The Balaban J connectivity index is 1.57. The molecule has 0 aromatic heterocycles. The van der Waals surface area contributed by atoms with E-state index in [9.17, 15) is 0 Å². The molecule has 4 rings (SSSR count). The van der Waals surface area contributed by atoms with E-state index >= 15 is 0 Å². The van der Waals surface area contributed by atoms with Crippen molar-refractivity contribution in [3.63, 3.8) is 0 Å². The van der Waals surface area contributed by atoms with Gasteiger partial charge < -0.3 is 0 Å². The van der Waals surface area contributed by atoms with Crippen molar-refractivity contribution < 1.29 is 4.11 Å². The molecule has 0 nitrogen and oxygen atoms in total. The van der Waals surface area contributed by atoms with Crippen molar-refractivity contribution in [2.75, 3.05) is 0 Å². The van der Waals surface area contributed by atoms with Crippen LogP contribution in [-0.4, -0.2) is 0 Å². The summed E-state index contributed by atoms with van der Waals surface area (Å²) in [7, 11) is 0. The van der Waals surface area contributed by atoms with Crippen LogP contribution < -0.4 is 0 Å². The lowest BCUT2D eigenvalue weighted by Gasteiger charge is -2.61. The normalized spacial score (nSPS) is 54.2. The summed E-state index contributed by atoms with van der Waals surface area (Å²) in [5.41, 5.74) is 0.994. The number of fused-ring (bicyclic) bond motifs is 5. The lowest BCUT2D eigenvalue weighted by atomic mass is 9.44. The van der Waals surface area contributed by atoms with Crippen LogP contribution in [-0.2, 0) is 0 Å². The van der Waals surface area contributed by atoms with E-state index in [1.54, 1.807) is 0 Å². The van der Waals surface area contributed by atoms with Gasteiger partial charge in [0.15, 0.2) is 0 Å². The molecular formula is C25H44.